The first-order valence-electron chi connectivity index (χ1n) is 5.71. The number of thiophene rings is 1. The lowest BCUT2D eigenvalue weighted by molar-refractivity contribution is 0.755. The maximum atomic E-state index is 4.46. The number of nitrogens with one attached hydrogen (secondary N) is 2. The molecule has 18 heavy (non-hydrogen) atoms. The maximum Gasteiger partial charge on any atom is 0.131 e. The fraction of sp³-hybridized carbons (Fsp3) is 0.333. The third-order valence-electron chi connectivity index (χ3n) is 2.37. The van der Waals surface area contributed by atoms with Gasteiger partial charge in [-0.2, -0.15) is 0 Å². The Kier molecular flexibility index (Phi) is 5.10. The number of hydrogen-bond donors (Lipinski definition) is 2. The Bertz CT molecular complexity index is 500. The minimum absolute atomic E-state index is 0.790. The van der Waals surface area contributed by atoms with Crippen LogP contribution in [0.15, 0.2) is 28.2 Å². The fourth-order valence-corrected chi connectivity index (χ4v) is 2.87. The van der Waals surface area contributed by atoms with Gasteiger partial charge in [-0.05, 0) is 35.1 Å². The maximum absolute atomic E-state index is 4.46. The van der Waals surface area contributed by atoms with Crippen molar-refractivity contribution in [3.63, 3.8) is 0 Å². The molecule has 96 valence electrons. The lowest BCUT2D eigenvalue weighted by Gasteiger charge is -2.05. The van der Waals surface area contributed by atoms with Crippen LogP contribution in [0.2, 0.25) is 0 Å². The van der Waals surface area contributed by atoms with Crippen LogP contribution in [0.1, 0.15) is 10.7 Å². The Morgan fingerprint density at radius 3 is 3.06 bits per heavy atom. The summed E-state index contributed by atoms with van der Waals surface area (Å²) in [5.41, 5.74) is 0. The molecule has 0 atom stereocenters. The molecule has 0 aliphatic heterocycles. The van der Waals surface area contributed by atoms with Crippen LogP contribution in [0, 0.1) is 0 Å². The van der Waals surface area contributed by atoms with E-state index >= 15 is 0 Å². The van der Waals surface area contributed by atoms with Crippen molar-refractivity contribution in [3.8, 4) is 0 Å². The van der Waals surface area contributed by atoms with Crippen molar-refractivity contribution in [2.75, 3.05) is 18.9 Å². The van der Waals surface area contributed by atoms with Gasteiger partial charge in [-0.15, -0.1) is 11.3 Å². The van der Waals surface area contributed by atoms with E-state index < -0.39 is 0 Å². The normalized spacial score (nSPS) is 10.6. The highest BCUT2D eigenvalue weighted by Crippen LogP contribution is 2.20. The number of rotatable bonds is 6. The Morgan fingerprint density at radius 2 is 2.33 bits per heavy atom. The Morgan fingerprint density at radius 1 is 1.44 bits per heavy atom. The molecule has 2 N–H and O–H groups in total. The lowest BCUT2D eigenvalue weighted by Crippen LogP contribution is -2.12. The first-order chi connectivity index (χ1) is 8.78. The third kappa shape index (κ3) is 4.04. The van der Waals surface area contributed by atoms with Gasteiger partial charge in [0, 0.05) is 33.9 Å². The summed E-state index contributed by atoms with van der Waals surface area (Å²) in [7, 11) is 1.93. The van der Waals surface area contributed by atoms with Gasteiger partial charge >= 0.3 is 0 Å². The van der Waals surface area contributed by atoms with Gasteiger partial charge < -0.3 is 10.6 Å². The van der Waals surface area contributed by atoms with Crippen molar-refractivity contribution in [2.24, 2.45) is 0 Å². The molecule has 0 aromatic carbocycles. The van der Waals surface area contributed by atoms with Gasteiger partial charge in [0.25, 0.3) is 0 Å². The van der Waals surface area contributed by atoms with E-state index in [1.54, 1.807) is 17.5 Å². The number of hydrogen-bond acceptors (Lipinski definition) is 5. The summed E-state index contributed by atoms with van der Waals surface area (Å²) >= 11 is 5.17. The zero-order valence-corrected chi connectivity index (χ0v) is 12.5. The van der Waals surface area contributed by atoms with Crippen molar-refractivity contribution in [1.82, 2.24) is 15.3 Å². The molecule has 0 spiro atoms. The number of aromatic nitrogens is 2. The molecule has 0 unspecified atom stereocenters. The SMILES string of the molecule is CNCCc1nccc(NCc2cc(Br)cs2)n1. The van der Waals surface area contributed by atoms with E-state index in [0.717, 1.165) is 35.6 Å². The van der Waals surface area contributed by atoms with Crippen molar-refractivity contribution in [1.29, 1.82) is 0 Å². The van der Waals surface area contributed by atoms with Gasteiger partial charge in [0.2, 0.25) is 0 Å². The number of anilines is 1. The molecule has 0 radical (unpaired) electrons. The van der Waals surface area contributed by atoms with E-state index in [1.165, 1.54) is 4.88 Å². The summed E-state index contributed by atoms with van der Waals surface area (Å²) in [4.78, 5) is 9.98. The summed E-state index contributed by atoms with van der Waals surface area (Å²) in [6.45, 7) is 1.68. The summed E-state index contributed by atoms with van der Waals surface area (Å²) in [5, 5.41) is 8.48. The van der Waals surface area contributed by atoms with Crippen LogP contribution < -0.4 is 10.6 Å². The van der Waals surface area contributed by atoms with Crippen LogP contribution in [0.5, 0.6) is 0 Å². The van der Waals surface area contributed by atoms with E-state index in [1.807, 2.05) is 13.1 Å². The standard InChI is InChI=1S/C12H15BrN4S/c1-14-4-2-11-15-5-3-12(17-11)16-7-10-6-9(13)8-18-10/h3,5-6,8,14H,2,4,7H2,1H3,(H,15,16,17). The first kappa shape index (κ1) is 13.5. The van der Waals surface area contributed by atoms with E-state index in [9.17, 15) is 0 Å². The van der Waals surface area contributed by atoms with Crippen molar-refractivity contribution in [2.45, 2.75) is 13.0 Å². The predicted octanol–water partition coefficient (Wildman–Crippen LogP) is 2.67. The van der Waals surface area contributed by atoms with Crippen molar-refractivity contribution >= 4 is 33.1 Å². The second-order valence-corrected chi connectivity index (χ2v) is 5.71. The van der Waals surface area contributed by atoms with Crippen LogP contribution in [0.4, 0.5) is 5.82 Å². The van der Waals surface area contributed by atoms with Gasteiger partial charge in [0.1, 0.15) is 11.6 Å². The number of likely N-dealkylation sites (N-methyl/N-ethyl adjacent to an activating group) is 1. The topological polar surface area (TPSA) is 49.8 Å². The van der Waals surface area contributed by atoms with Crippen LogP contribution in [-0.2, 0) is 13.0 Å². The number of halogens is 1. The molecule has 2 aromatic rings. The Labute approximate surface area is 119 Å². The van der Waals surface area contributed by atoms with Crippen LogP contribution in [0.25, 0.3) is 0 Å². The largest absolute Gasteiger partial charge is 0.365 e. The van der Waals surface area contributed by atoms with E-state index in [4.69, 9.17) is 0 Å². The highest BCUT2D eigenvalue weighted by atomic mass is 79.9. The molecule has 0 aliphatic rings. The smallest absolute Gasteiger partial charge is 0.131 e. The molecule has 0 bridgehead atoms. The first-order valence-corrected chi connectivity index (χ1v) is 7.38. The van der Waals surface area contributed by atoms with Crippen LogP contribution in [-0.4, -0.2) is 23.6 Å². The minimum atomic E-state index is 0.790. The molecule has 0 aliphatic carbocycles. The predicted molar refractivity (Wildman–Crippen MR) is 79.0 cm³/mol. The molecular weight excluding hydrogens is 312 g/mol. The molecule has 0 amide bonds. The van der Waals surface area contributed by atoms with Crippen LogP contribution >= 0.6 is 27.3 Å². The molecular formula is C12H15BrN4S. The molecule has 0 saturated heterocycles. The molecule has 4 nitrogen and oxygen atoms in total. The van der Waals surface area contributed by atoms with Gasteiger partial charge in [-0.1, -0.05) is 0 Å². The monoisotopic (exact) mass is 326 g/mol. The summed E-state index contributed by atoms with van der Waals surface area (Å²) in [6.07, 6.45) is 2.64. The molecule has 2 aromatic heterocycles. The molecule has 6 heteroatoms. The Hall–Kier alpha value is -0.980. The van der Waals surface area contributed by atoms with E-state index in [-0.39, 0.29) is 0 Å². The van der Waals surface area contributed by atoms with Gasteiger partial charge in [-0.3, -0.25) is 0 Å². The average molecular weight is 327 g/mol. The molecule has 0 saturated carbocycles. The number of nitrogens with zero attached hydrogens (tertiary/aromatic N) is 2. The second kappa shape index (κ2) is 6.82. The lowest BCUT2D eigenvalue weighted by atomic mass is 10.4. The third-order valence-corrected chi connectivity index (χ3v) is 4.07. The molecule has 2 rings (SSSR count). The fourth-order valence-electron chi connectivity index (χ4n) is 1.48. The summed E-state index contributed by atoms with van der Waals surface area (Å²) < 4.78 is 1.13. The molecule has 2 heterocycles. The average Bonchev–Trinajstić information content (AvgIpc) is 2.80. The molecule has 0 fully saturated rings. The van der Waals surface area contributed by atoms with E-state index in [0.29, 0.717) is 0 Å². The quantitative estimate of drug-likeness (QED) is 0.856. The van der Waals surface area contributed by atoms with E-state index in [2.05, 4.69) is 48.0 Å². The van der Waals surface area contributed by atoms with Crippen LogP contribution in [0.3, 0.4) is 0 Å². The summed E-state index contributed by atoms with van der Waals surface area (Å²) in [5.74, 6) is 1.74. The van der Waals surface area contributed by atoms with Gasteiger partial charge in [0.15, 0.2) is 0 Å². The zero-order valence-electron chi connectivity index (χ0n) is 10.1. The Balaban J connectivity index is 1.92. The highest BCUT2D eigenvalue weighted by molar-refractivity contribution is 9.10. The van der Waals surface area contributed by atoms with Crippen molar-refractivity contribution in [3.05, 3.63) is 38.9 Å². The second-order valence-electron chi connectivity index (χ2n) is 3.80. The highest BCUT2D eigenvalue weighted by Gasteiger charge is 2.01. The minimum Gasteiger partial charge on any atom is -0.365 e. The summed E-state index contributed by atoms with van der Waals surface area (Å²) in [6, 6.07) is 4.01. The van der Waals surface area contributed by atoms with Gasteiger partial charge in [0.05, 0.1) is 6.54 Å². The van der Waals surface area contributed by atoms with Gasteiger partial charge in [-0.25, -0.2) is 9.97 Å². The van der Waals surface area contributed by atoms with Crippen molar-refractivity contribution < 1.29 is 0 Å². The zero-order chi connectivity index (χ0) is 12.8.